The fraction of sp³-hybridized carbons (Fsp3) is 0.800. The molecular formula is C20H22N2. The first-order valence-corrected chi connectivity index (χ1v) is 9.27. The van der Waals surface area contributed by atoms with Gasteiger partial charge in [-0.2, -0.15) is 10.5 Å². The number of rotatable bonds is 2. The van der Waals surface area contributed by atoms with Crippen molar-refractivity contribution in [2.45, 2.75) is 25.7 Å². The van der Waals surface area contributed by atoms with Gasteiger partial charge in [0.05, 0.1) is 12.1 Å². The predicted octanol–water partition coefficient (Wildman–Crippen LogP) is 3.63. The molecule has 0 heterocycles. The Balaban J connectivity index is 1.47. The van der Waals surface area contributed by atoms with Gasteiger partial charge in [-0.05, 0) is 83.9 Å². The first kappa shape index (κ1) is 12.2. The molecule has 22 heavy (non-hydrogen) atoms. The van der Waals surface area contributed by atoms with Crippen LogP contribution in [0.15, 0.2) is 12.2 Å². The summed E-state index contributed by atoms with van der Waals surface area (Å²) in [5.41, 5.74) is 0. The van der Waals surface area contributed by atoms with E-state index in [2.05, 4.69) is 24.3 Å². The molecule has 5 saturated carbocycles. The van der Waals surface area contributed by atoms with Crippen molar-refractivity contribution in [3.05, 3.63) is 12.2 Å². The lowest BCUT2D eigenvalue weighted by molar-refractivity contribution is 0.225. The van der Waals surface area contributed by atoms with Crippen molar-refractivity contribution < 1.29 is 0 Å². The highest BCUT2D eigenvalue weighted by Crippen LogP contribution is 2.80. The first-order chi connectivity index (χ1) is 10.8. The highest BCUT2D eigenvalue weighted by molar-refractivity contribution is 5.31. The number of nitrogens with zero attached hydrogens (tertiary/aromatic N) is 2. The van der Waals surface area contributed by atoms with Crippen molar-refractivity contribution in [1.29, 1.82) is 10.5 Å². The highest BCUT2D eigenvalue weighted by atomic mass is 14.8. The standard InChI is InChI=1S/C20H22N2/c21-5-3-9-7-13-14-8-10(4-6-22)16-12-2-1-11-15(9)18(13)20(17(11)12)19(14)16/h1-2,9-20H,3-4,7-8H2/t9-,10+,11-,12-,13-,14+,15+,16+,17?,18+,19-,20?/m0/s1. The van der Waals surface area contributed by atoms with Crippen molar-refractivity contribution >= 4 is 0 Å². The molecule has 0 bridgehead atoms. The minimum atomic E-state index is 0.674. The fourth-order valence-corrected chi connectivity index (χ4v) is 9.17. The van der Waals surface area contributed by atoms with Gasteiger partial charge in [0.2, 0.25) is 0 Å². The Morgan fingerprint density at radius 1 is 0.682 bits per heavy atom. The second kappa shape index (κ2) is 3.79. The van der Waals surface area contributed by atoms with Gasteiger partial charge in [-0.1, -0.05) is 12.2 Å². The van der Waals surface area contributed by atoms with Crippen molar-refractivity contribution in [3.63, 3.8) is 0 Å². The van der Waals surface area contributed by atoms with Gasteiger partial charge in [-0.25, -0.2) is 0 Å². The lowest BCUT2D eigenvalue weighted by atomic mass is 9.77. The normalized spacial score (nSPS) is 64.1. The maximum Gasteiger partial charge on any atom is 0.0624 e. The van der Waals surface area contributed by atoms with Crippen LogP contribution in [-0.2, 0) is 0 Å². The molecule has 0 saturated heterocycles. The van der Waals surface area contributed by atoms with Crippen LogP contribution in [0.5, 0.6) is 0 Å². The largest absolute Gasteiger partial charge is 0.198 e. The molecule has 5 fully saturated rings. The molecule has 0 aromatic carbocycles. The van der Waals surface area contributed by atoms with Crippen LogP contribution in [0.2, 0.25) is 0 Å². The average Bonchev–Trinajstić information content (AvgIpc) is 3.21. The molecule has 6 aliphatic rings. The number of allylic oxidation sites excluding steroid dienone is 2. The summed E-state index contributed by atoms with van der Waals surface area (Å²) in [6.07, 6.45) is 9.34. The summed E-state index contributed by atoms with van der Waals surface area (Å²) in [7, 11) is 0. The number of hydrogen-bond acceptors (Lipinski definition) is 2. The Morgan fingerprint density at radius 3 is 1.64 bits per heavy atom. The lowest BCUT2D eigenvalue weighted by Gasteiger charge is -2.27. The maximum absolute atomic E-state index is 9.26. The molecule has 0 amide bonds. The van der Waals surface area contributed by atoms with Crippen LogP contribution in [0.3, 0.4) is 0 Å². The maximum atomic E-state index is 9.26. The number of fused-ring (bicyclic) bond motifs is 3. The summed E-state index contributed by atoms with van der Waals surface area (Å²) in [5.74, 6) is 10.2. The molecule has 0 aromatic rings. The van der Waals surface area contributed by atoms with E-state index in [9.17, 15) is 10.5 Å². The van der Waals surface area contributed by atoms with E-state index < -0.39 is 0 Å². The smallest absolute Gasteiger partial charge is 0.0624 e. The van der Waals surface area contributed by atoms with Crippen molar-refractivity contribution in [3.8, 4) is 12.1 Å². The third-order valence-corrected chi connectivity index (χ3v) is 9.04. The summed E-state index contributed by atoms with van der Waals surface area (Å²) in [5, 5.41) is 18.5. The Hall–Kier alpha value is -1.28. The topological polar surface area (TPSA) is 47.6 Å². The third-order valence-electron chi connectivity index (χ3n) is 9.04. The zero-order valence-electron chi connectivity index (χ0n) is 12.8. The van der Waals surface area contributed by atoms with Crippen molar-refractivity contribution in [2.75, 3.05) is 0 Å². The molecular weight excluding hydrogens is 268 g/mol. The quantitative estimate of drug-likeness (QED) is 0.729. The van der Waals surface area contributed by atoms with Gasteiger partial charge in [0.25, 0.3) is 0 Å². The molecule has 0 aliphatic heterocycles. The van der Waals surface area contributed by atoms with Gasteiger partial charge < -0.3 is 0 Å². The minimum absolute atomic E-state index is 0.674. The molecule has 112 valence electrons. The Bertz CT molecular complexity index is 598. The second-order valence-corrected chi connectivity index (χ2v) is 9.05. The molecule has 2 heteroatoms. The lowest BCUT2D eigenvalue weighted by Crippen LogP contribution is -2.23. The Kier molecular flexibility index (Phi) is 2.10. The zero-order chi connectivity index (χ0) is 14.6. The average molecular weight is 290 g/mol. The first-order valence-electron chi connectivity index (χ1n) is 9.27. The molecule has 12 atom stereocenters. The van der Waals surface area contributed by atoms with E-state index in [1.807, 2.05) is 0 Å². The van der Waals surface area contributed by atoms with Crippen LogP contribution < -0.4 is 0 Å². The van der Waals surface area contributed by atoms with Crippen LogP contribution in [0.1, 0.15) is 25.7 Å². The molecule has 2 nitrogen and oxygen atoms in total. The van der Waals surface area contributed by atoms with E-state index in [1.54, 1.807) is 0 Å². The molecule has 6 rings (SSSR count). The van der Waals surface area contributed by atoms with Gasteiger partial charge in [-0.15, -0.1) is 0 Å². The van der Waals surface area contributed by atoms with Crippen LogP contribution >= 0.6 is 0 Å². The molecule has 0 N–H and O–H groups in total. The van der Waals surface area contributed by atoms with E-state index in [0.717, 1.165) is 72.0 Å². The zero-order valence-corrected chi connectivity index (χ0v) is 12.8. The summed E-state index contributed by atoms with van der Waals surface area (Å²) >= 11 is 0. The Morgan fingerprint density at radius 2 is 1.18 bits per heavy atom. The summed E-state index contributed by atoms with van der Waals surface area (Å²) in [6, 6.07) is 4.98. The van der Waals surface area contributed by atoms with Crippen LogP contribution in [-0.4, -0.2) is 0 Å². The van der Waals surface area contributed by atoms with Crippen molar-refractivity contribution in [1.82, 2.24) is 0 Å². The summed E-state index contributed by atoms with van der Waals surface area (Å²) in [4.78, 5) is 0. The van der Waals surface area contributed by atoms with Crippen LogP contribution in [0.25, 0.3) is 0 Å². The van der Waals surface area contributed by atoms with E-state index in [1.165, 1.54) is 12.8 Å². The van der Waals surface area contributed by atoms with Gasteiger partial charge in [-0.3, -0.25) is 0 Å². The van der Waals surface area contributed by atoms with Gasteiger partial charge in [0.1, 0.15) is 0 Å². The van der Waals surface area contributed by atoms with E-state index in [-0.39, 0.29) is 0 Å². The predicted molar refractivity (Wildman–Crippen MR) is 80.7 cm³/mol. The Labute approximate surface area is 132 Å². The summed E-state index contributed by atoms with van der Waals surface area (Å²) < 4.78 is 0. The SMILES string of the molecule is N#CC[C@H]1C[C@H]2[C@H]3C[C@@H](CC#N)[C@H]4[C@H]3C3C5[C@@H](C=C[C@H]54)[C@@H]1[C@H]32. The van der Waals surface area contributed by atoms with Crippen LogP contribution in [0, 0.1) is 93.7 Å². The van der Waals surface area contributed by atoms with E-state index in [0.29, 0.717) is 11.8 Å². The van der Waals surface area contributed by atoms with Crippen molar-refractivity contribution in [2.24, 2.45) is 71.0 Å². The molecule has 0 spiro atoms. The third kappa shape index (κ3) is 1.08. The van der Waals surface area contributed by atoms with Gasteiger partial charge in [0.15, 0.2) is 0 Å². The van der Waals surface area contributed by atoms with Gasteiger partial charge in [0, 0.05) is 12.8 Å². The fourth-order valence-electron chi connectivity index (χ4n) is 9.17. The summed E-state index contributed by atoms with van der Waals surface area (Å²) in [6.45, 7) is 0. The van der Waals surface area contributed by atoms with E-state index >= 15 is 0 Å². The van der Waals surface area contributed by atoms with E-state index in [4.69, 9.17) is 0 Å². The second-order valence-electron chi connectivity index (χ2n) is 9.05. The highest BCUT2D eigenvalue weighted by Gasteiger charge is 2.76. The monoisotopic (exact) mass is 290 g/mol. The van der Waals surface area contributed by atoms with Gasteiger partial charge >= 0.3 is 0 Å². The molecule has 6 aliphatic carbocycles. The number of nitriles is 2. The number of hydrogen-bond donors (Lipinski definition) is 0. The van der Waals surface area contributed by atoms with Crippen LogP contribution in [0.4, 0.5) is 0 Å². The minimum Gasteiger partial charge on any atom is -0.198 e. The molecule has 0 radical (unpaired) electrons. The molecule has 2 unspecified atom stereocenters. The molecule has 0 aromatic heterocycles.